The van der Waals surface area contributed by atoms with Crippen LogP contribution in [0.2, 0.25) is 0 Å². The van der Waals surface area contributed by atoms with Crippen molar-refractivity contribution in [2.24, 2.45) is 5.92 Å². The topological polar surface area (TPSA) is 37.4 Å². The van der Waals surface area contributed by atoms with Crippen LogP contribution in [0.1, 0.15) is 85.4 Å². The van der Waals surface area contributed by atoms with E-state index in [1.54, 1.807) is 12.3 Å². The Kier molecular flexibility index (Phi) is 9.22. The van der Waals surface area contributed by atoms with Crippen molar-refractivity contribution < 1.29 is 17.9 Å². The van der Waals surface area contributed by atoms with Gasteiger partial charge in [0.25, 0.3) is 0 Å². The molecule has 8 heteroatoms. The van der Waals surface area contributed by atoms with Crippen molar-refractivity contribution in [3.8, 4) is 0 Å². The highest BCUT2D eigenvalue weighted by Gasteiger charge is 2.29. The molecule has 1 N–H and O–H groups in total. The Morgan fingerprint density at radius 2 is 1.90 bits per heavy atom. The number of anilines is 1. The van der Waals surface area contributed by atoms with E-state index >= 15 is 0 Å². The number of nitrogens with zero attached hydrogens (tertiary/aromatic N) is 2. The fourth-order valence-corrected chi connectivity index (χ4v) is 7.99. The van der Waals surface area contributed by atoms with Crippen LogP contribution in [-0.4, -0.2) is 41.8 Å². The molecule has 0 amide bonds. The molecule has 0 radical (unpaired) electrons. The molecule has 3 aliphatic rings. The number of halogens is 3. The maximum absolute atomic E-state index is 13.2. The third-order valence-electron chi connectivity index (χ3n) is 9.12. The van der Waals surface area contributed by atoms with E-state index in [9.17, 15) is 13.2 Å². The van der Waals surface area contributed by atoms with Gasteiger partial charge in [0.1, 0.15) is 4.83 Å². The van der Waals surface area contributed by atoms with Gasteiger partial charge in [-0.25, -0.2) is 4.98 Å². The highest BCUT2D eigenvalue weighted by atomic mass is 32.1. The first-order chi connectivity index (χ1) is 20.3. The number of ether oxygens (including phenoxy) is 1. The summed E-state index contributed by atoms with van der Waals surface area (Å²) in [5.41, 5.74) is 7.39. The largest absolute Gasteiger partial charge is 0.393 e. The summed E-state index contributed by atoms with van der Waals surface area (Å²) in [4.78, 5) is 8.02. The molecule has 0 atom stereocenters. The van der Waals surface area contributed by atoms with Gasteiger partial charge in [-0.05, 0) is 67.7 Å². The maximum Gasteiger partial charge on any atom is 0.393 e. The number of fused-ring (bicyclic) bond motifs is 2. The number of likely N-dealkylation sites (tertiary alicyclic amines) is 1. The molecular formula is C34H42F3N3OS. The Hall–Kier alpha value is -2.42. The SMILES string of the molecule is CC1=Cc2cc(CN3CCC(Nc4c(COCCCC5CCCC5)cnc5sc(CC(F)(F)F)cc45)CC3)ccc2C1. The summed E-state index contributed by atoms with van der Waals surface area (Å²) in [6.45, 7) is 6.22. The standard InChI is InChI=1S/C34H42F3N3OS/c1-23-15-26-9-8-25(17-27(26)16-23)21-40-12-10-29(11-13-40)39-32-28(22-41-14-4-7-24-5-2-3-6-24)20-38-33-31(32)18-30(42-33)19-34(35,36)37/h8-9,16-18,20,24,29H,2-7,10-15,19,21-22H2,1H3,(H,38,39). The molecule has 2 fully saturated rings. The summed E-state index contributed by atoms with van der Waals surface area (Å²) < 4.78 is 45.7. The minimum absolute atomic E-state index is 0.254. The molecule has 4 nitrogen and oxygen atoms in total. The van der Waals surface area contributed by atoms with Gasteiger partial charge < -0.3 is 10.1 Å². The monoisotopic (exact) mass is 597 g/mol. The van der Waals surface area contributed by atoms with Gasteiger partial charge in [-0.15, -0.1) is 11.3 Å². The summed E-state index contributed by atoms with van der Waals surface area (Å²) in [6.07, 6.45) is 9.63. The zero-order valence-corrected chi connectivity index (χ0v) is 25.4. The number of thiophene rings is 1. The van der Waals surface area contributed by atoms with Crippen LogP contribution in [0.5, 0.6) is 0 Å². The highest BCUT2D eigenvalue weighted by Crippen LogP contribution is 2.37. The number of aromatic nitrogens is 1. The lowest BCUT2D eigenvalue weighted by molar-refractivity contribution is -0.126. The van der Waals surface area contributed by atoms with E-state index in [0.29, 0.717) is 22.9 Å². The maximum atomic E-state index is 13.2. The quantitative estimate of drug-likeness (QED) is 0.224. The predicted molar refractivity (Wildman–Crippen MR) is 166 cm³/mol. The Labute approximate surface area is 251 Å². The molecule has 2 aliphatic carbocycles. The van der Waals surface area contributed by atoms with Gasteiger partial charge >= 0.3 is 6.18 Å². The second-order valence-electron chi connectivity index (χ2n) is 12.6. The van der Waals surface area contributed by atoms with Crippen LogP contribution in [-0.2, 0) is 30.7 Å². The molecule has 42 heavy (non-hydrogen) atoms. The van der Waals surface area contributed by atoms with Crippen molar-refractivity contribution in [2.45, 2.75) is 96.5 Å². The van der Waals surface area contributed by atoms with Crippen molar-refractivity contribution in [1.82, 2.24) is 9.88 Å². The van der Waals surface area contributed by atoms with Crippen molar-refractivity contribution in [3.05, 3.63) is 63.2 Å². The molecule has 1 aliphatic heterocycles. The summed E-state index contributed by atoms with van der Waals surface area (Å²) in [7, 11) is 0. The number of allylic oxidation sites excluding steroid dienone is 1. The molecule has 226 valence electrons. The van der Waals surface area contributed by atoms with Crippen molar-refractivity contribution in [3.63, 3.8) is 0 Å². The molecule has 2 aromatic heterocycles. The van der Waals surface area contributed by atoms with Gasteiger partial charge in [0, 0.05) is 54.3 Å². The Morgan fingerprint density at radius 1 is 1.10 bits per heavy atom. The minimum atomic E-state index is -4.24. The Morgan fingerprint density at radius 3 is 2.69 bits per heavy atom. The number of hydrogen-bond donors (Lipinski definition) is 1. The van der Waals surface area contributed by atoms with E-state index in [2.05, 4.69) is 46.4 Å². The first kappa shape index (κ1) is 29.6. The van der Waals surface area contributed by atoms with E-state index < -0.39 is 12.6 Å². The third kappa shape index (κ3) is 7.56. The molecule has 0 bridgehead atoms. The predicted octanol–water partition coefficient (Wildman–Crippen LogP) is 8.92. The number of alkyl halides is 3. The fourth-order valence-electron chi connectivity index (χ4n) is 6.95. The Bertz CT molecular complexity index is 1400. The van der Waals surface area contributed by atoms with Gasteiger partial charge in [0.15, 0.2) is 0 Å². The summed E-state index contributed by atoms with van der Waals surface area (Å²) in [6, 6.07) is 8.81. The lowest BCUT2D eigenvalue weighted by Crippen LogP contribution is -2.38. The van der Waals surface area contributed by atoms with E-state index in [1.165, 1.54) is 54.4 Å². The number of benzene rings is 1. The number of pyridine rings is 1. The zero-order valence-electron chi connectivity index (χ0n) is 24.6. The van der Waals surface area contributed by atoms with Crippen LogP contribution in [0.4, 0.5) is 18.9 Å². The second kappa shape index (κ2) is 13.1. The van der Waals surface area contributed by atoms with Crippen molar-refractivity contribution in [1.29, 1.82) is 0 Å². The van der Waals surface area contributed by atoms with Crippen LogP contribution in [0, 0.1) is 5.92 Å². The van der Waals surface area contributed by atoms with Crippen LogP contribution >= 0.6 is 11.3 Å². The lowest BCUT2D eigenvalue weighted by Gasteiger charge is -2.33. The molecule has 0 unspecified atom stereocenters. The molecule has 0 spiro atoms. The second-order valence-corrected chi connectivity index (χ2v) is 13.7. The molecule has 1 saturated carbocycles. The van der Waals surface area contributed by atoms with Gasteiger partial charge in [-0.3, -0.25) is 4.90 Å². The zero-order chi connectivity index (χ0) is 29.1. The van der Waals surface area contributed by atoms with Gasteiger partial charge in [0.05, 0.1) is 18.7 Å². The molecule has 6 rings (SSSR count). The first-order valence-corrected chi connectivity index (χ1v) is 16.4. The van der Waals surface area contributed by atoms with E-state index in [4.69, 9.17) is 4.74 Å². The number of piperidine rings is 1. The van der Waals surface area contributed by atoms with E-state index in [0.717, 1.165) is 79.2 Å². The summed E-state index contributed by atoms with van der Waals surface area (Å²) in [5.74, 6) is 0.844. The smallest absolute Gasteiger partial charge is 0.381 e. The molecule has 1 aromatic carbocycles. The molecule has 1 saturated heterocycles. The van der Waals surface area contributed by atoms with Crippen molar-refractivity contribution in [2.75, 3.05) is 25.0 Å². The van der Waals surface area contributed by atoms with Crippen LogP contribution in [0.3, 0.4) is 0 Å². The lowest BCUT2D eigenvalue weighted by atomic mass is 10.0. The Balaban J connectivity index is 1.10. The van der Waals surface area contributed by atoms with Gasteiger partial charge in [0.2, 0.25) is 0 Å². The van der Waals surface area contributed by atoms with Gasteiger partial charge in [-0.2, -0.15) is 13.2 Å². The average Bonchev–Trinajstić information content (AvgIpc) is 3.69. The summed E-state index contributed by atoms with van der Waals surface area (Å²) in [5, 5.41) is 4.54. The highest BCUT2D eigenvalue weighted by molar-refractivity contribution is 7.18. The fraction of sp³-hybridized carbons (Fsp3) is 0.559. The molecule has 3 heterocycles. The third-order valence-corrected chi connectivity index (χ3v) is 10.2. The number of rotatable bonds is 11. The van der Waals surface area contributed by atoms with Crippen molar-refractivity contribution >= 4 is 33.3 Å². The minimum Gasteiger partial charge on any atom is -0.381 e. The molecule has 3 aromatic rings. The normalized spacial score (nSPS) is 18.6. The summed E-state index contributed by atoms with van der Waals surface area (Å²) >= 11 is 1.14. The number of hydrogen-bond acceptors (Lipinski definition) is 5. The first-order valence-electron chi connectivity index (χ1n) is 15.6. The average molecular weight is 598 g/mol. The van der Waals surface area contributed by atoms with Crippen LogP contribution < -0.4 is 5.32 Å². The van der Waals surface area contributed by atoms with Gasteiger partial charge in [-0.1, -0.05) is 55.5 Å². The molecular weight excluding hydrogens is 555 g/mol. The number of nitrogens with one attached hydrogen (secondary N) is 1. The van der Waals surface area contributed by atoms with Crippen LogP contribution in [0.15, 0.2) is 36.0 Å². The van der Waals surface area contributed by atoms with Crippen LogP contribution in [0.25, 0.3) is 16.3 Å². The van der Waals surface area contributed by atoms with E-state index in [1.807, 2.05) is 0 Å². The van der Waals surface area contributed by atoms with E-state index in [-0.39, 0.29) is 6.04 Å².